The summed E-state index contributed by atoms with van der Waals surface area (Å²) < 4.78 is 50.2. The molecule has 0 aromatic heterocycles. The SMILES string of the molecule is O=C1c2ccc(S(=O)(=O)O)cc2C(=O)C1CCS(=O)O. The first kappa shape index (κ1) is 15.0. The van der Waals surface area contributed by atoms with Crippen LogP contribution in [0.3, 0.4) is 0 Å². The lowest BCUT2D eigenvalue weighted by molar-refractivity contribution is 0.0836. The van der Waals surface area contributed by atoms with Gasteiger partial charge in [-0.05, 0) is 24.6 Å². The first-order chi connectivity index (χ1) is 9.21. The van der Waals surface area contributed by atoms with E-state index in [1.54, 1.807) is 0 Å². The molecule has 0 saturated carbocycles. The summed E-state index contributed by atoms with van der Waals surface area (Å²) in [5.41, 5.74) is -0.0185. The molecule has 1 aliphatic carbocycles. The number of carbonyl (C=O) groups is 2. The number of rotatable bonds is 4. The number of carbonyl (C=O) groups excluding carboxylic acids is 2. The molecule has 2 atom stereocenters. The topological polar surface area (TPSA) is 126 Å². The van der Waals surface area contributed by atoms with Gasteiger partial charge in [0.05, 0.1) is 16.6 Å². The number of Topliss-reactive ketones (excluding diaryl/α,β-unsaturated/α-hetero) is 2. The van der Waals surface area contributed by atoms with Crippen LogP contribution in [0.25, 0.3) is 0 Å². The second kappa shape index (κ2) is 5.17. The molecule has 108 valence electrons. The van der Waals surface area contributed by atoms with Crippen LogP contribution < -0.4 is 0 Å². The number of hydrogen-bond donors (Lipinski definition) is 2. The van der Waals surface area contributed by atoms with Gasteiger partial charge >= 0.3 is 0 Å². The molecule has 0 radical (unpaired) electrons. The Bertz CT molecular complexity index is 720. The zero-order chi connectivity index (χ0) is 15.1. The molecule has 7 nitrogen and oxygen atoms in total. The fraction of sp³-hybridized carbons (Fsp3) is 0.273. The standard InChI is InChI=1S/C11H10O7S2/c12-10-7-2-1-6(20(16,17)18)5-9(7)11(13)8(10)3-4-19(14)15/h1-2,5,8H,3-4H2,(H,14,15)(H,16,17,18). The van der Waals surface area contributed by atoms with E-state index in [2.05, 4.69) is 0 Å². The van der Waals surface area contributed by atoms with Crippen LogP contribution in [-0.2, 0) is 21.2 Å². The van der Waals surface area contributed by atoms with E-state index in [-0.39, 0.29) is 23.3 Å². The normalized spacial score (nSPS) is 20.0. The number of ketones is 2. The third-order valence-electron chi connectivity index (χ3n) is 3.03. The molecule has 0 heterocycles. The summed E-state index contributed by atoms with van der Waals surface area (Å²) in [6.45, 7) is 0. The molecule has 0 fully saturated rings. The van der Waals surface area contributed by atoms with Crippen molar-refractivity contribution in [2.75, 3.05) is 5.75 Å². The van der Waals surface area contributed by atoms with E-state index in [1.165, 1.54) is 0 Å². The van der Waals surface area contributed by atoms with E-state index in [4.69, 9.17) is 9.11 Å². The highest BCUT2D eigenvalue weighted by atomic mass is 32.2. The zero-order valence-electron chi connectivity index (χ0n) is 9.98. The summed E-state index contributed by atoms with van der Waals surface area (Å²) in [6, 6.07) is 3.14. The number of hydrogen-bond acceptors (Lipinski definition) is 5. The largest absolute Gasteiger partial charge is 0.306 e. The highest BCUT2D eigenvalue weighted by Gasteiger charge is 2.38. The molecule has 20 heavy (non-hydrogen) atoms. The van der Waals surface area contributed by atoms with Crippen molar-refractivity contribution in [3.8, 4) is 0 Å². The highest BCUT2D eigenvalue weighted by Crippen LogP contribution is 2.30. The Hall–Kier alpha value is -1.42. The van der Waals surface area contributed by atoms with Gasteiger partial charge in [-0.25, -0.2) is 4.21 Å². The Kier molecular flexibility index (Phi) is 3.87. The van der Waals surface area contributed by atoms with Crippen LogP contribution in [0, 0.1) is 5.92 Å². The second-order valence-corrected chi connectivity index (χ2v) is 6.75. The van der Waals surface area contributed by atoms with Crippen LogP contribution in [0.4, 0.5) is 0 Å². The van der Waals surface area contributed by atoms with Gasteiger partial charge in [-0.3, -0.25) is 14.1 Å². The van der Waals surface area contributed by atoms with Gasteiger partial charge in [0.1, 0.15) is 0 Å². The fourth-order valence-corrected chi connectivity index (χ4v) is 3.02. The van der Waals surface area contributed by atoms with E-state index >= 15 is 0 Å². The first-order valence-corrected chi connectivity index (χ1v) is 8.21. The van der Waals surface area contributed by atoms with Gasteiger partial charge < -0.3 is 4.55 Å². The minimum atomic E-state index is -4.46. The highest BCUT2D eigenvalue weighted by molar-refractivity contribution is 7.85. The average Bonchev–Trinajstić information content (AvgIpc) is 2.58. The Labute approximate surface area is 117 Å². The van der Waals surface area contributed by atoms with Crippen LogP contribution in [-0.4, -0.2) is 39.1 Å². The van der Waals surface area contributed by atoms with Crippen molar-refractivity contribution in [3.63, 3.8) is 0 Å². The van der Waals surface area contributed by atoms with Crippen LogP contribution in [0.1, 0.15) is 27.1 Å². The fourth-order valence-electron chi connectivity index (χ4n) is 2.08. The van der Waals surface area contributed by atoms with Crippen molar-refractivity contribution in [1.29, 1.82) is 0 Å². The van der Waals surface area contributed by atoms with Gasteiger partial charge in [-0.2, -0.15) is 8.42 Å². The Morgan fingerprint density at radius 2 is 1.75 bits per heavy atom. The molecular weight excluding hydrogens is 308 g/mol. The maximum absolute atomic E-state index is 12.0. The minimum absolute atomic E-state index is 0.0659. The zero-order valence-corrected chi connectivity index (χ0v) is 11.6. The molecule has 9 heteroatoms. The van der Waals surface area contributed by atoms with E-state index in [9.17, 15) is 22.2 Å². The van der Waals surface area contributed by atoms with E-state index in [1.807, 2.05) is 0 Å². The number of benzene rings is 1. The van der Waals surface area contributed by atoms with E-state index in [0.29, 0.717) is 0 Å². The molecule has 0 amide bonds. The lowest BCUT2D eigenvalue weighted by atomic mass is 10.0. The molecule has 0 saturated heterocycles. The van der Waals surface area contributed by atoms with Gasteiger partial charge in [0.25, 0.3) is 10.1 Å². The predicted molar refractivity (Wildman–Crippen MR) is 68.7 cm³/mol. The van der Waals surface area contributed by atoms with E-state index < -0.39 is 43.6 Å². The molecule has 1 aromatic carbocycles. The van der Waals surface area contributed by atoms with Crippen molar-refractivity contribution in [2.45, 2.75) is 11.3 Å². The van der Waals surface area contributed by atoms with Crippen molar-refractivity contribution in [1.82, 2.24) is 0 Å². The Morgan fingerprint density at radius 3 is 2.30 bits per heavy atom. The molecule has 0 aliphatic heterocycles. The third-order valence-corrected chi connectivity index (χ3v) is 4.47. The smallest absolute Gasteiger partial charge is 0.294 e. The molecular formula is C11H10O7S2. The molecule has 0 spiro atoms. The van der Waals surface area contributed by atoms with Gasteiger partial charge in [0.15, 0.2) is 22.6 Å². The molecule has 1 aliphatic rings. The third kappa shape index (κ3) is 2.70. The lowest BCUT2D eigenvalue weighted by Gasteiger charge is -2.03. The molecule has 2 N–H and O–H groups in total. The minimum Gasteiger partial charge on any atom is -0.306 e. The van der Waals surface area contributed by atoms with E-state index in [0.717, 1.165) is 18.2 Å². The summed E-state index contributed by atoms with van der Waals surface area (Å²) in [5, 5.41) is 0. The van der Waals surface area contributed by atoms with Gasteiger partial charge in [0.2, 0.25) is 0 Å². The van der Waals surface area contributed by atoms with Gasteiger partial charge in [-0.15, -0.1) is 0 Å². The van der Waals surface area contributed by atoms with Crippen LogP contribution in [0.15, 0.2) is 23.1 Å². The molecule has 0 bridgehead atoms. The van der Waals surface area contributed by atoms with Gasteiger partial charge in [0, 0.05) is 11.1 Å². The summed E-state index contributed by atoms with van der Waals surface area (Å²) in [6.07, 6.45) is -0.0866. The van der Waals surface area contributed by atoms with Gasteiger partial charge in [-0.1, -0.05) is 0 Å². The van der Waals surface area contributed by atoms with Crippen LogP contribution in [0.5, 0.6) is 0 Å². The molecule has 2 unspecified atom stereocenters. The van der Waals surface area contributed by atoms with Crippen molar-refractivity contribution >= 4 is 32.8 Å². The molecule has 2 rings (SSSR count). The lowest BCUT2D eigenvalue weighted by Crippen LogP contribution is -2.17. The predicted octanol–water partition coefficient (Wildman–Crippen LogP) is 0.540. The van der Waals surface area contributed by atoms with Crippen molar-refractivity contribution in [3.05, 3.63) is 29.3 Å². The summed E-state index contributed by atoms with van der Waals surface area (Å²) >= 11 is -2.12. The molecule has 1 aromatic rings. The summed E-state index contributed by atoms with van der Waals surface area (Å²) in [4.78, 5) is 23.5. The van der Waals surface area contributed by atoms with Crippen molar-refractivity contribution < 1.29 is 31.3 Å². The Morgan fingerprint density at radius 1 is 1.15 bits per heavy atom. The quantitative estimate of drug-likeness (QED) is 0.471. The van der Waals surface area contributed by atoms with Crippen molar-refractivity contribution in [2.24, 2.45) is 5.92 Å². The summed E-state index contributed by atoms with van der Waals surface area (Å²) in [5.74, 6) is -2.39. The monoisotopic (exact) mass is 318 g/mol. The van der Waals surface area contributed by atoms with Crippen LogP contribution >= 0.6 is 0 Å². The maximum atomic E-state index is 12.0. The summed E-state index contributed by atoms with van der Waals surface area (Å²) in [7, 11) is -4.46. The second-order valence-electron chi connectivity index (χ2n) is 4.28. The average molecular weight is 318 g/mol. The maximum Gasteiger partial charge on any atom is 0.294 e. The number of fused-ring (bicyclic) bond motifs is 1. The first-order valence-electron chi connectivity index (χ1n) is 5.49. The Balaban J connectivity index is 2.39. The van der Waals surface area contributed by atoms with Crippen LogP contribution in [0.2, 0.25) is 0 Å².